The second-order valence-electron chi connectivity index (χ2n) is 8.38. The molecule has 166 valence electrons. The maximum atomic E-state index is 13.9. The van der Waals surface area contributed by atoms with Gasteiger partial charge in [0.25, 0.3) is 11.8 Å². The second-order valence-corrected chi connectivity index (χ2v) is 8.38. The molecule has 0 aliphatic carbocycles. The quantitative estimate of drug-likeness (QED) is 0.501. The topological polar surface area (TPSA) is 49.9 Å². The Kier molecular flexibility index (Phi) is 5.47. The van der Waals surface area contributed by atoms with E-state index in [1.807, 2.05) is 73.3 Å². The summed E-state index contributed by atoms with van der Waals surface area (Å²) in [7, 11) is 0. The highest BCUT2D eigenvalue weighted by Crippen LogP contribution is 2.42. The van der Waals surface area contributed by atoms with Crippen LogP contribution in [0.25, 0.3) is 5.57 Å². The first-order valence-corrected chi connectivity index (χ1v) is 11.4. The Balaban J connectivity index is 1.65. The molecule has 2 aliphatic heterocycles. The molecule has 0 saturated heterocycles. The van der Waals surface area contributed by atoms with Gasteiger partial charge in [0.1, 0.15) is 11.4 Å². The molecule has 5 nitrogen and oxygen atoms in total. The average Bonchev–Trinajstić information content (AvgIpc) is 3.36. The molecule has 33 heavy (non-hydrogen) atoms. The summed E-state index contributed by atoms with van der Waals surface area (Å²) in [5, 5.41) is 0. The molecule has 3 aromatic carbocycles. The lowest BCUT2D eigenvalue weighted by atomic mass is 10.0. The fraction of sp³-hybridized carbons (Fsp3) is 0.214. The standard InChI is InChI=1S/C28H26N2O3/c1-3-18-33-24-11-7-6-10-23(24)30-27(31)25(21-14-12-19(2)13-15-21)26(28(30)32)29-17-16-20-8-4-5-9-22(20)29/h4-15H,3,16-18H2,1-2H3. The van der Waals surface area contributed by atoms with Gasteiger partial charge in [-0.2, -0.15) is 0 Å². The summed E-state index contributed by atoms with van der Waals surface area (Å²) in [5.74, 6) is -0.108. The number of nitrogens with zero attached hydrogens (tertiary/aromatic N) is 2. The minimum Gasteiger partial charge on any atom is -0.491 e. The summed E-state index contributed by atoms with van der Waals surface area (Å²) in [4.78, 5) is 31.1. The maximum absolute atomic E-state index is 13.9. The third-order valence-corrected chi connectivity index (χ3v) is 6.12. The van der Waals surface area contributed by atoms with Gasteiger partial charge >= 0.3 is 0 Å². The highest BCUT2D eigenvalue weighted by molar-refractivity contribution is 6.46. The molecule has 0 aromatic heterocycles. The van der Waals surface area contributed by atoms with E-state index in [2.05, 4.69) is 6.07 Å². The molecule has 5 rings (SSSR count). The van der Waals surface area contributed by atoms with E-state index in [1.54, 1.807) is 12.1 Å². The predicted molar refractivity (Wildman–Crippen MR) is 130 cm³/mol. The van der Waals surface area contributed by atoms with E-state index in [1.165, 1.54) is 10.5 Å². The first-order chi connectivity index (χ1) is 16.1. The zero-order valence-corrected chi connectivity index (χ0v) is 18.9. The van der Waals surface area contributed by atoms with E-state index in [4.69, 9.17) is 4.74 Å². The van der Waals surface area contributed by atoms with Crippen molar-refractivity contribution in [1.29, 1.82) is 0 Å². The zero-order chi connectivity index (χ0) is 22.9. The van der Waals surface area contributed by atoms with Crippen LogP contribution >= 0.6 is 0 Å². The number of ether oxygens (including phenoxy) is 1. The Bertz CT molecular complexity index is 1260. The third-order valence-electron chi connectivity index (χ3n) is 6.12. The number of para-hydroxylation sites is 3. The molecule has 0 spiro atoms. The number of imide groups is 1. The lowest BCUT2D eigenvalue weighted by Gasteiger charge is -2.22. The van der Waals surface area contributed by atoms with Gasteiger partial charge in [0, 0.05) is 12.2 Å². The minimum absolute atomic E-state index is 0.320. The van der Waals surface area contributed by atoms with Gasteiger partial charge in [-0.05, 0) is 49.1 Å². The number of fused-ring (bicyclic) bond motifs is 1. The SMILES string of the molecule is CCCOc1ccccc1N1C(=O)C(c2ccc(C)cc2)=C(N2CCc3ccccc32)C1=O. The maximum Gasteiger partial charge on any atom is 0.282 e. The second kappa shape index (κ2) is 8.58. The van der Waals surface area contributed by atoms with E-state index >= 15 is 0 Å². The van der Waals surface area contributed by atoms with Crippen molar-refractivity contribution >= 4 is 28.8 Å². The first kappa shape index (κ1) is 21.0. The molecule has 2 aliphatic rings. The molecule has 0 saturated carbocycles. The summed E-state index contributed by atoms with van der Waals surface area (Å²) >= 11 is 0. The van der Waals surface area contributed by atoms with Crippen LogP contribution in [0.3, 0.4) is 0 Å². The highest BCUT2D eigenvalue weighted by atomic mass is 16.5. The largest absolute Gasteiger partial charge is 0.491 e. The van der Waals surface area contributed by atoms with Crippen LogP contribution in [0.15, 0.2) is 78.5 Å². The van der Waals surface area contributed by atoms with Gasteiger partial charge < -0.3 is 9.64 Å². The van der Waals surface area contributed by atoms with Gasteiger partial charge in [-0.25, -0.2) is 4.90 Å². The molecular weight excluding hydrogens is 412 g/mol. The number of aryl methyl sites for hydroxylation is 1. The molecule has 0 N–H and O–H groups in total. The van der Waals surface area contributed by atoms with Crippen LogP contribution in [0.5, 0.6) is 5.75 Å². The molecule has 2 heterocycles. The van der Waals surface area contributed by atoms with E-state index in [0.29, 0.717) is 35.9 Å². The van der Waals surface area contributed by atoms with Gasteiger partial charge in [0.15, 0.2) is 0 Å². The fourth-order valence-corrected chi connectivity index (χ4v) is 4.51. The summed E-state index contributed by atoms with van der Waals surface area (Å²) in [6.07, 6.45) is 1.66. The molecule has 0 fully saturated rings. The lowest BCUT2D eigenvalue weighted by molar-refractivity contribution is -0.120. The van der Waals surface area contributed by atoms with E-state index in [0.717, 1.165) is 29.7 Å². The van der Waals surface area contributed by atoms with Gasteiger partial charge in [-0.3, -0.25) is 9.59 Å². The molecule has 3 aromatic rings. The molecule has 5 heteroatoms. The lowest BCUT2D eigenvalue weighted by Crippen LogP contribution is -2.35. The molecule has 0 unspecified atom stereocenters. The van der Waals surface area contributed by atoms with Crippen LogP contribution in [-0.4, -0.2) is 25.0 Å². The Morgan fingerprint density at radius 2 is 1.55 bits per heavy atom. The number of anilines is 2. The number of rotatable bonds is 6. The predicted octanol–water partition coefficient (Wildman–Crippen LogP) is 5.13. The van der Waals surface area contributed by atoms with Crippen molar-refractivity contribution in [1.82, 2.24) is 0 Å². The van der Waals surface area contributed by atoms with E-state index < -0.39 is 0 Å². The molecule has 0 atom stereocenters. The van der Waals surface area contributed by atoms with E-state index in [9.17, 15) is 9.59 Å². The summed E-state index contributed by atoms with van der Waals surface area (Å²) < 4.78 is 5.89. The van der Waals surface area contributed by atoms with Crippen LogP contribution in [0, 0.1) is 6.92 Å². The van der Waals surface area contributed by atoms with Crippen molar-refractivity contribution < 1.29 is 14.3 Å². The van der Waals surface area contributed by atoms with Crippen molar-refractivity contribution in [2.24, 2.45) is 0 Å². The number of amides is 2. The number of carbonyl (C=O) groups excluding carboxylic acids is 2. The van der Waals surface area contributed by atoms with Crippen LogP contribution in [0.4, 0.5) is 11.4 Å². The third kappa shape index (κ3) is 3.59. The zero-order valence-electron chi connectivity index (χ0n) is 18.9. The minimum atomic E-state index is -0.323. The average molecular weight is 439 g/mol. The Hall–Kier alpha value is -3.86. The van der Waals surface area contributed by atoms with Crippen molar-refractivity contribution in [3.63, 3.8) is 0 Å². The van der Waals surface area contributed by atoms with E-state index in [-0.39, 0.29) is 11.8 Å². The Morgan fingerprint density at radius 3 is 2.30 bits per heavy atom. The fourth-order valence-electron chi connectivity index (χ4n) is 4.51. The Morgan fingerprint density at radius 1 is 0.848 bits per heavy atom. The van der Waals surface area contributed by atoms with Crippen molar-refractivity contribution in [2.75, 3.05) is 23.0 Å². The number of carbonyl (C=O) groups is 2. The van der Waals surface area contributed by atoms with Crippen molar-refractivity contribution in [2.45, 2.75) is 26.7 Å². The van der Waals surface area contributed by atoms with Crippen LogP contribution < -0.4 is 14.5 Å². The number of hydrogen-bond acceptors (Lipinski definition) is 4. The van der Waals surface area contributed by atoms with Crippen LogP contribution in [0.2, 0.25) is 0 Å². The van der Waals surface area contributed by atoms with Gasteiger partial charge in [-0.15, -0.1) is 0 Å². The molecular formula is C28H26N2O3. The number of benzene rings is 3. The van der Waals surface area contributed by atoms with Crippen LogP contribution in [0.1, 0.15) is 30.0 Å². The van der Waals surface area contributed by atoms with Gasteiger partial charge in [0.2, 0.25) is 0 Å². The monoisotopic (exact) mass is 438 g/mol. The molecule has 2 amide bonds. The van der Waals surface area contributed by atoms with Gasteiger partial charge in [0.05, 0.1) is 17.9 Å². The normalized spacial score (nSPS) is 15.5. The molecule has 0 radical (unpaired) electrons. The van der Waals surface area contributed by atoms with Crippen LogP contribution in [-0.2, 0) is 16.0 Å². The van der Waals surface area contributed by atoms with Crippen molar-refractivity contribution in [3.8, 4) is 5.75 Å². The summed E-state index contributed by atoms with van der Waals surface area (Å²) in [5.41, 5.74) is 5.34. The summed E-state index contributed by atoms with van der Waals surface area (Å²) in [6.45, 7) is 5.20. The highest BCUT2D eigenvalue weighted by Gasteiger charge is 2.44. The van der Waals surface area contributed by atoms with Crippen molar-refractivity contribution in [3.05, 3.63) is 95.2 Å². The first-order valence-electron chi connectivity index (χ1n) is 11.4. The molecule has 0 bridgehead atoms. The Labute approximate surface area is 193 Å². The number of hydrogen-bond donors (Lipinski definition) is 0. The smallest absolute Gasteiger partial charge is 0.282 e. The summed E-state index contributed by atoms with van der Waals surface area (Å²) in [6, 6.07) is 23.1. The van der Waals surface area contributed by atoms with Gasteiger partial charge in [-0.1, -0.05) is 67.1 Å².